The van der Waals surface area contributed by atoms with Crippen molar-refractivity contribution in [3.63, 3.8) is 0 Å². The predicted octanol–water partition coefficient (Wildman–Crippen LogP) is 3.67. The highest BCUT2D eigenvalue weighted by Crippen LogP contribution is 2.30. The molecule has 2 rings (SSSR count). The Kier molecular flexibility index (Phi) is 5.15. The summed E-state index contributed by atoms with van der Waals surface area (Å²) in [6.07, 6.45) is -4.59. The molecule has 0 aromatic heterocycles. The minimum absolute atomic E-state index is 0.0148. The smallest absolute Gasteiger partial charge is 0.394 e. The highest BCUT2D eigenvalue weighted by atomic mass is 19.4. The van der Waals surface area contributed by atoms with Crippen LogP contribution in [0.15, 0.2) is 48.5 Å². The molecule has 6 heteroatoms. The van der Waals surface area contributed by atoms with Gasteiger partial charge in [-0.05, 0) is 29.3 Å². The van der Waals surface area contributed by atoms with Crippen molar-refractivity contribution >= 4 is 0 Å². The highest BCUT2D eigenvalue weighted by molar-refractivity contribution is 5.27. The molecule has 0 aliphatic carbocycles. The molecule has 0 heterocycles. The van der Waals surface area contributed by atoms with Crippen LogP contribution in [0.3, 0.4) is 0 Å². The van der Waals surface area contributed by atoms with E-state index in [4.69, 9.17) is 0 Å². The van der Waals surface area contributed by atoms with E-state index in [1.54, 1.807) is 24.3 Å². The van der Waals surface area contributed by atoms with Crippen LogP contribution in [-0.4, -0.2) is 11.7 Å². The summed E-state index contributed by atoms with van der Waals surface area (Å²) in [6.45, 7) is -0.202. The maximum absolute atomic E-state index is 13.3. The summed E-state index contributed by atoms with van der Waals surface area (Å²) in [4.78, 5) is 0. The maximum Gasteiger partial charge on any atom is 0.416 e. The second kappa shape index (κ2) is 6.89. The molecule has 0 radical (unpaired) electrons. The summed E-state index contributed by atoms with van der Waals surface area (Å²) in [7, 11) is 0. The second-order valence-corrected chi connectivity index (χ2v) is 4.87. The van der Waals surface area contributed by atoms with Crippen molar-refractivity contribution in [3.05, 3.63) is 71.0 Å². The Morgan fingerprint density at radius 3 is 2.32 bits per heavy atom. The molecule has 0 aliphatic rings. The average molecular weight is 313 g/mol. The number of hydrogen-bond acceptors (Lipinski definition) is 2. The van der Waals surface area contributed by atoms with Crippen molar-refractivity contribution in [3.8, 4) is 0 Å². The third-order valence-electron chi connectivity index (χ3n) is 3.22. The fourth-order valence-electron chi connectivity index (χ4n) is 2.13. The molecular weight excluding hydrogens is 298 g/mol. The molecule has 2 N–H and O–H groups in total. The van der Waals surface area contributed by atoms with Crippen LogP contribution in [0.1, 0.15) is 22.7 Å². The summed E-state index contributed by atoms with van der Waals surface area (Å²) >= 11 is 0. The first-order valence-electron chi connectivity index (χ1n) is 6.66. The van der Waals surface area contributed by atoms with Gasteiger partial charge in [-0.15, -0.1) is 0 Å². The fraction of sp³-hybridized carbons (Fsp3) is 0.250. The lowest BCUT2D eigenvalue weighted by molar-refractivity contribution is -0.137. The van der Waals surface area contributed by atoms with Gasteiger partial charge >= 0.3 is 6.18 Å². The van der Waals surface area contributed by atoms with Gasteiger partial charge in [0.1, 0.15) is 5.82 Å². The Morgan fingerprint density at radius 2 is 1.73 bits per heavy atom. The summed E-state index contributed by atoms with van der Waals surface area (Å²) < 4.78 is 51.3. The van der Waals surface area contributed by atoms with E-state index in [9.17, 15) is 22.7 Å². The predicted molar refractivity (Wildman–Crippen MR) is 74.5 cm³/mol. The number of halogens is 4. The molecule has 0 fully saturated rings. The minimum Gasteiger partial charge on any atom is -0.394 e. The molecule has 0 saturated heterocycles. The number of rotatable bonds is 5. The van der Waals surface area contributed by atoms with Crippen LogP contribution >= 0.6 is 0 Å². The number of alkyl halides is 3. The SMILES string of the molecule is OCC(NCc1cc(F)cc(C(F)(F)F)c1)c1ccccc1. The van der Waals surface area contributed by atoms with Crippen LogP contribution in [0.4, 0.5) is 17.6 Å². The number of aliphatic hydroxyl groups is 1. The standard InChI is InChI=1S/C16H15F4NO/c17-14-7-11(6-13(8-14)16(18,19)20)9-21-15(10-22)12-4-2-1-3-5-12/h1-8,15,21-22H,9-10H2. The van der Waals surface area contributed by atoms with E-state index in [1.165, 1.54) is 0 Å². The van der Waals surface area contributed by atoms with Crippen molar-refractivity contribution in [1.82, 2.24) is 5.32 Å². The average Bonchev–Trinajstić information content (AvgIpc) is 2.47. The van der Waals surface area contributed by atoms with Gasteiger partial charge in [0.25, 0.3) is 0 Å². The Hall–Kier alpha value is -1.92. The summed E-state index contributed by atoms with van der Waals surface area (Å²) in [6, 6.07) is 11.0. The third-order valence-corrected chi connectivity index (χ3v) is 3.22. The quantitative estimate of drug-likeness (QED) is 0.826. The maximum atomic E-state index is 13.3. The van der Waals surface area contributed by atoms with E-state index in [-0.39, 0.29) is 18.7 Å². The van der Waals surface area contributed by atoms with Gasteiger partial charge in [0.15, 0.2) is 0 Å². The number of hydrogen-bond donors (Lipinski definition) is 2. The zero-order valence-electron chi connectivity index (χ0n) is 11.6. The van der Waals surface area contributed by atoms with E-state index in [0.717, 1.165) is 17.7 Å². The molecule has 118 valence electrons. The van der Waals surface area contributed by atoms with Crippen LogP contribution < -0.4 is 5.32 Å². The van der Waals surface area contributed by atoms with Crippen molar-refractivity contribution in [2.75, 3.05) is 6.61 Å². The number of aliphatic hydroxyl groups excluding tert-OH is 1. The van der Waals surface area contributed by atoms with Gasteiger partial charge in [0.2, 0.25) is 0 Å². The molecule has 0 aliphatic heterocycles. The van der Waals surface area contributed by atoms with Gasteiger partial charge < -0.3 is 10.4 Å². The zero-order chi connectivity index (χ0) is 16.2. The topological polar surface area (TPSA) is 32.3 Å². The van der Waals surface area contributed by atoms with Crippen LogP contribution in [0.5, 0.6) is 0 Å². The molecule has 1 atom stereocenters. The van der Waals surface area contributed by atoms with Crippen molar-refractivity contribution < 1.29 is 22.7 Å². The number of benzene rings is 2. The summed E-state index contributed by atoms with van der Waals surface area (Å²) in [5, 5.41) is 12.3. The van der Waals surface area contributed by atoms with E-state index >= 15 is 0 Å². The van der Waals surface area contributed by atoms with Crippen LogP contribution in [0.2, 0.25) is 0 Å². The van der Waals surface area contributed by atoms with Gasteiger partial charge in [-0.2, -0.15) is 13.2 Å². The van der Waals surface area contributed by atoms with Crippen LogP contribution in [0.25, 0.3) is 0 Å². The van der Waals surface area contributed by atoms with Crippen molar-refractivity contribution in [2.24, 2.45) is 0 Å². The molecule has 0 saturated carbocycles. The molecule has 0 spiro atoms. The van der Waals surface area contributed by atoms with Gasteiger partial charge in [-0.1, -0.05) is 30.3 Å². The molecule has 0 amide bonds. The van der Waals surface area contributed by atoms with Crippen LogP contribution in [-0.2, 0) is 12.7 Å². The van der Waals surface area contributed by atoms with Crippen LogP contribution in [0, 0.1) is 5.82 Å². The zero-order valence-corrected chi connectivity index (χ0v) is 11.6. The van der Waals surface area contributed by atoms with E-state index in [0.29, 0.717) is 6.07 Å². The first-order chi connectivity index (χ1) is 10.4. The lowest BCUT2D eigenvalue weighted by atomic mass is 10.1. The first-order valence-corrected chi connectivity index (χ1v) is 6.66. The Balaban J connectivity index is 2.12. The van der Waals surface area contributed by atoms with Crippen molar-refractivity contribution in [1.29, 1.82) is 0 Å². The van der Waals surface area contributed by atoms with E-state index < -0.39 is 23.6 Å². The Morgan fingerprint density at radius 1 is 1.05 bits per heavy atom. The summed E-state index contributed by atoms with van der Waals surface area (Å²) in [5.74, 6) is -0.938. The molecule has 2 aromatic rings. The normalized spacial score (nSPS) is 13.1. The molecule has 22 heavy (non-hydrogen) atoms. The Bertz CT molecular complexity index is 613. The van der Waals surface area contributed by atoms with Gasteiger partial charge in [-0.3, -0.25) is 0 Å². The minimum atomic E-state index is -4.59. The lowest BCUT2D eigenvalue weighted by Gasteiger charge is -2.17. The molecule has 1 unspecified atom stereocenters. The summed E-state index contributed by atoms with van der Waals surface area (Å²) in [5.41, 5.74) is -0.0521. The second-order valence-electron chi connectivity index (χ2n) is 4.87. The lowest BCUT2D eigenvalue weighted by Crippen LogP contribution is -2.24. The highest BCUT2D eigenvalue weighted by Gasteiger charge is 2.31. The molecular formula is C16H15F4NO. The van der Waals surface area contributed by atoms with Crippen molar-refractivity contribution in [2.45, 2.75) is 18.8 Å². The molecule has 2 nitrogen and oxygen atoms in total. The largest absolute Gasteiger partial charge is 0.416 e. The first kappa shape index (κ1) is 16.5. The number of nitrogens with one attached hydrogen (secondary N) is 1. The fourth-order valence-corrected chi connectivity index (χ4v) is 2.13. The van der Waals surface area contributed by atoms with E-state index in [2.05, 4.69) is 5.32 Å². The molecule has 2 aromatic carbocycles. The monoisotopic (exact) mass is 313 g/mol. The third kappa shape index (κ3) is 4.29. The molecule has 0 bridgehead atoms. The van der Waals surface area contributed by atoms with Gasteiger partial charge in [0, 0.05) is 6.54 Å². The Labute approximate surface area is 125 Å². The van der Waals surface area contributed by atoms with Gasteiger partial charge in [-0.25, -0.2) is 4.39 Å². The van der Waals surface area contributed by atoms with Gasteiger partial charge in [0.05, 0.1) is 18.2 Å². The van der Waals surface area contributed by atoms with E-state index in [1.807, 2.05) is 6.07 Å².